The first-order valence-corrected chi connectivity index (χ1v) is 8.15. The van der Waals surface area contributed by atoms with Gasteiger partial charge in [-0.15, -0.1) is 0 Å². The number of fused-ring (bicyclic) bond motifs is 1. The molecule has 116 valence electrons. The standard InChI is InChI=1S/C18H23N3O/c1-2-3-4-5-14-6-8-15(9-7-14)18-17-16(19-12-20-17)10-11-21(18)13-22/h6-9,12-13,18H,2-5,10-11H2,1H3,(H,19,20). The summed E-state index contributed by atoms with van der Waals surface area (Å²) in [5.74, 6) is 0. The largest absolute Gasteiger partial charge is 0.348 e. The van der Waals surface area contributed by atoms with Crippen molar-refractivity contribution in [1.82, 2.24) is 14.9 Å². The highest BCUT2D eigenvalue weighted by Gasteiger charge is 2.29. The smallest absolute Gasteiger partial charge is 0.210 e. The lowest BCUT2D eigenvalue weighted by molar-refractivity contribution is -0.120. The van der Waals surface area contributed by atoms with Crippen molar-refractivity contribution in [2.75, 3.05) is 6.54 Å². The van der Waals surface area contributed by atoms with E-state index in [1.165, 1.54) is 24.8 Å². The van der Waals surface area contributed by atoms with Gasteiger partial charge in [-0.1, -0.05) is 44.0 Å². The van der Waals surface area contributed by atoms with Gasteiger partial charge in [0, 0.05) is 18.7 Å². The number of aryl methyl sites for hydroxylation is 1. The third-order valence-electron chi connectivity index (χ3n) is 4.46. The average Bonchev–Trinajstić information content (AvgIpc) is 3.03. The third-order valence-corrected chi connectivity index (χ3v) is 4.46. The van der Waals surface area contributed by atoms with E-state index in [4.69, 9.17) is 0 Å². The van der Waals surface area contributed by atoms with Crippen LogP contribution in [-0.4, -0.2) is 27.8 Å². The SMILES string of the molecule is CCCCCc1ccc(C2c3nc[nH]c3CCN2C=O)cc1. The average molecular weight is 297 g/mol. The second-order valence-electron chi connectivity index (χ2n) is 5.96. The molecule has 4 nitrogen and oxygen atoms in total. The van der Waals surface area contributed by atoms with Gasteiger partial charge in [-0.2, -0.15) is 0 Å². The topological polar surface area (TPSA) is 49.0 Å². The molecular weight excluding hydrogens is 274 g/mol. The summed E-state index contributed by atoms with van der Waals surface area (Å²) in [5, 5.41) is 0. The molecule has 4 heteroatoms. The summed E-state index contributed by atoms with van der Waals surface area (Å²) < 4.78 is 0. The lowest BCUT2D eigenvalue weighted by Crippen LogP contribution is -2.35. The van der Waals surface area contributed by atoms with Crippen LogP contribution in [0.5, 0.6) is 0 Å². The Kier molecular flexibility index (Phi) is 4.56. The van der Waals surface area contributed by atoms with Gasteiger partial charge >= 0.3 is 0 Å². The predicted molar refractivity (Wildman–Crippen MR) is 86.6 cm³/mol. The molecule has 1 aliphatic heterocycles. The number of aromatic nitrogens is 2. The second kappa shape index (κ2) is 6.77. The fourth-order valence-electron chi connectivity index (χ4n) is 3.20. The molecule has 1 aliphatic rings. The van der Waals surface area contributed by atoms with E-state index in [9.17, 15) is 4.79 Å². The summed E-state index contributed by atoms with van der Waals surface area (Å²) in [5.41, 5.74) is 4.64. The molecule has 2 aromatic rings. The zero-order valence-electron chi connectivity index (χ0n) is 13.1. The molecule has 0 radical (unpaired) electrons. The van der Waals surface area contributed by atoms with E-state index in [1.807, 2.05) is 4.90 Å². The summed E-state index contributed by atoms with van der Waals surface area (Å²) in [7, 11) is 0. The Balaban J connectivity index is 1.82. The summed E-state index contributed by atoms with van der Waals surface area (Å²) in [6.45, 7) is 2.96. The van der Waals surface area contributed by atoms with Crippen LogP contribution < -0.4 is 0 Å². The Bertz CT molecular complexity index is 618. The van der Waals surface area contributed by atoms with Crippen LogP contribution >= 0.6 is 0 Å². The van der Waals surface area contributed by atoms with Crippen LogP contribution in [0.4, 0.5) is 0 Å². The third kappa shape index (κ3) is 2.91. The quantitative estimate of drug-likeness (QED) is 0.657. The summed E-state index contributed by atoms with van der Waals surface area (Å²) in [6.07, 6.45) is 8.41. The van der Waals surface area contributed by atoms with Crippen molar-refractivity contribution in [1.29, 1.82) is 0 Å². The first-order valence-electron chi connectivity index (χ1n) is 8.15. The molecule has 2 heterocycles. The molecule has 22 heavy (non-hydrogen) atoms. The highest BCUT2D eigenvalue weighted by molar-refractivity contribution is 5.52. The Morgan fingerprint density at radius 2 is 2.14 bits per heavy atom. The Morgan fingerprint density at radius 1 is 1.32 bits per heavy atom. The van der Waals surface area contributed by atoms with Crippen molar-refractivity contribution in [2.45, 2.75) is 45.1 Å². The zero-order chi connectivity index (χ0) is 15.4. The molecule has 1 aromatic heterocycles. The minimum absolute atomic E-state index is 0.0582. The van der Waals surface area contributed by atoms with Crippen LogP contribution in [0.25, 0.3) is 0 Å². The predicted octanol–water partition coefficient (Wildman–Crippen LogP) is 3.25. The van der Waals surface area contributed by atoms with Crippen LogP contribution in [0.2, 0.25) is 0 Å². The first-order chi connectivity index (χ1) is 10.8. The lowest BCUT2D eigenvalue weighted by atomic mass is 9.95. The van der Waals surface area contributed by atoms with Gasteiger partial charge in [-0.05, 0) is 24.0 Å². The van der Waals surface area contributed by atoms with Gasteiger partial charge in [0.1, 0.15) is 6.04 Å². The number of imidazole rings is 1. The molecule has 1 atom stereocenters. The molecular formula is C18H23N3O. The molecule has 0 saturated heterocycles. The maximum atomic E-state index is 11.4. The van der Waals surface area contributed by atoms with Gasteiger partial charge in [-0.3, -0.25) is 4.79 Å². The van der Waals surface area contributed by atoms with Gasteiger partial charge in [-0.25, -0.2) is 4.98 Å². The maximum absolute atomic E-state index is 11.4. The number of unbranched alkanes of at least 4 members (excludes halogenated alkanes) is 2. The maximum Gasteiger partial charge on any atom is 0.210 e. The van der Waals surface area contributed by atoms with E-state index >= 15 is 0 Å². The second-order valence-corrected chi connectivity index (χ2v) is 5.96. The van der Waals surface area contributed by atoms with Crippen molar-refractivity contribution < 1.29 is 4.79 Å². The van der Waals surface area contributed by atoms with Crippen molar-refractivity contribution in [3.8, 4) is 0 Å². The monoisotopic (exact) mass is 297 g/mol. The van der Waals surface area contributed by atoms with Gasteiger partial charge in [0.25, 0.3) is 0 Å². The molecule has 0 aliphatic carbocycles. The van der Waals surface area contributed by atoms with E-state index < -0.39 is 0 Å². The minimum atomic E-state index is -0.0582. The van der Waals surface area contributed by atoms with E-state index in [2.05, 4.69) is 41.2 Å². The number of benzene rings is 1. The molecule has 1 N–H and O–H groups in total. The molecule has 1 amide bonds. The van der Waals surface area contributed by atoms with Crippen LogP contribution in [0, 0.1) is 0 Å². The van der Waals surface area contributed by atoms with Crippen LogP contribution in [0.15, 0.2) is 30.6 Å². The summed E-state index contributed by atoms with van der Waals surface area (Å²) >= 11 is 0. The summed E-state index contributed by atoms with van der Waals surface area (Å²) in [6, 6.07) is 8.61. The number of hydrogen-bond acceptors (Lipinski definition) is 2. The van der Waals surface area contributed by atoms with Crippen molar-refractivity contribution in [2.24, 2.45) is 0 Å². The van der Waals surface area contributed by atoms with Gasteiger partial charge in [0.2, 0.25) is 6.41 Å². The van der Waals surface area contributed by atoms with Gasteiger partial charge in [0.05, 0.1) is 12.0 Å². The molecule has 0 spiro atoms. The fourth-order valence-corrected chi connectivity index (χ4v) is 3.20. The van der Waals surface area contributed by atoms with Crippen molar-refractivity contribution in [3.63, 3.8) is 0 Å². The number of carbonyl (C=O) groups is 1. The molecule has 0 bridgehead atoms. The normalized spacial score (nSPS) is 17.3. The fraction of sp³-hybridized carbons (Fsp3) is 0.444. The zero-order valence-corrected chi connectivity index (χ0v) is 13.1. The van der Waals surface area contributed by atoms with E-state index in [0.717, 1.165) is 42.7 Å². The van der Waals surface area contributed by atoms with Crippen molar-refractivity contribution >= 4 is 6.41 Å². The number of aromatic amines is 1. The van der Waals surface area contributed by atoms with E-state index in [-0.39, 0.29) is 6.04 Å². The molecule has 1 aromatic carbocycles. The van der Waals surface area contributed by atoms with Crippen LogP contribution in [-0.2, 0) is 17.6 Å². The first kappa shape index (κ1) is 14.8. The van der Waals surface area contributed by atoms with Gasteiger partial charge in [0.15, 0.2) is 0 Å². The highest BCUT2D eigenvalue weighted by atomic mass is 16.1. The van der Waals surface area contributed by atoms with Gasteiger partial charge < -0.3 is 9.88 Å². The number of nitrogens with one attached hydrogen (secondary N) is 1. The molecule has 1 unspecified atom stereocenters. The Labute approximate surface area is 131 Å². The minimum Gasteiger partial charge on any atom is -0.348 e. The Morgan fingerprint density at radius 3 is 2.86 bits per heavy atom. The van der Waals surface area contributed by atoms with Crippen molar-refractivity contribution in [3.05, 3.63) is 53.1 Å². The molecule has 0 saturated carbocycles. The lowest BCUT2D eigenvalue weighted by Gasteiger charge is -2.32. The number of nitrogens with zero attached hydrogens (tertiary/aromatic N) is 2. The molecule has 0 fully saturated rings. The number of amides is 1. The summed E-state index contributed by atoms with van der Waals surface area (Å²) in [4.78, 5) is 20.9. The van der Waals surface area contributed by atoms with E-state index in [1.54, 1.807) is 6.33 Å². The van der Waals surface area contributed by atoms with E-state index in [0.29, 0.717) is 0 Å². The molecule has 3 rings (SSSR count). The van der Waals surface area contributed by atoms with Crippen LogP contribution in [0.3, 0.4) is 0 Å². The number of H-pyrrole nitrogens is 1. The number of carbonyl (C=O) groups excluding carboxylic acids is 1. The Hall–Kier alpha value is -2.10. The highest BCUT2D eigenvalue weighted by Crippen LogP contribution is 2.32. The van der Waals surface area contributed by atoms with Crippen LogP contribution in [0.1, 0.15) is 54.7 Å². The number of rotatable bonds is 6. The number of hydrogen-bond donors (Lipinski definition) is 1.